The lowest BCUT2D eigenvalue weighted by molar-refractivity contribution is -0.0521. The summed E-state index contributed by atoms with van der Waals surface area (Å²) in [7, 11) is 1.68. The highest BCUT2D eigenvalue weighted by Crippen LogP contribution is 2.34. The minimum absolute atomic E-state index is 0.0496. The van der Waals surface area contributed by atoms with Crippen LogP contribution in [0.2, 0.25) is 0 Å². The normalized spacial score (nSPS) is 18.2. The standard InChI is InChI=1S/C27H31N7O3/c1-17-9-10-34-23(14-30-27(34)31-17)20-6-7-22(25-21(20)13-29-26(25)35)32-24(28-3)8-5-18(2)33-11-12-37-19(15-33)16-36-4/h5-10,14,19,32H,3,11-13,15-16H2,1-2,4H3,(H,29,35)/b18-5+,24-8+/t19-/m0/s1. The quantitative estimate of drug-likeness (QED) is 0.361. The van der Waals surface area contributed by atoms with E-state index in [0.29, 0.717) is 42.6 Å². The smallest absolute Gasteiger partial charge is 0.254 e. The van der Waals surface area contributed by atoms with Gasteiger partial charge in [-0.05, 0) is 50.4 Å². The summed E-state index contributed by atoms with van der Waals surface area (Å²) < 4.78 is 12.9. The van der Waals surface area contributed by atoms with E-state index >= 15 is 0 Å². The van der Waals surface area contributed by atoms with Crippen molar-refractivity contribution in [1.82, 2.24) is 24.6 Å². The number of nitrogens with zero attached hydrogens (tertiary/aromatic N) is 5. The zero-order chi connectivity index (χ0) is 25.9. The number of fused-ring (bicyclic) bond motifs is 2. The van der Waals surface area contributed by atoms with Crippen LogP contribution in [0.25, 0.3) is 17.0 Å². The van der Waals surface area contributed by atoms with Crippen molar-refractivity contribution in [3.63, 3.8) is 0 Å². The Balaban J connectivity index is 1.42. The number of ether oxygens (including phenoxy) is 2. The van der Waals surface area contributed by atoms with Gasteiger partial charge in [-0.2, -0.15) is 0 Å². The van der Waals surface area contributed by atoms with E-state index in [1.807, 2.05) is 47.9 Å². The number of rotatable bonds is 8. The molecule has 1 atom stereocenters. The number of nitrogens with one attached hydrogen (secondary N) is 2. The van der Waals surface area contributed by atoms with Gasteiger partial charge in [0.25, 0.3) is 5.91 Å². The fourth-order valence-electron chi connectivity index (χ4n) is 4.75. The van der Waals surface area contributed by atoms with Crippen LogP contribution in [0.5, 0.6) is 0 Å². The number of aliphatic imine (C=N–C) groups is 1. The fraction of sp³-hybridized carbons (Fsp3) is 0.333. The molecule has 192 valence electrons. The summed E-state index contributed by atoms with van der Waals surface area (Å²) in [5.74, 6) is 1.04. The Morgan fingerprint density at radius 1 is 1.38 bits per heavy atom. The maximum absolute atomic E-state index is 12.9. The number of allylic oxidation sites excluding steroid dienone is 3. The predicted molar refractivity (Wildman–Crippen MR) is 143 cm³/mol. The maximum atomic E-state index is 12.9. The number of amides is 1. The zero-order valence-corrected chi connectivity index (χ0v) is 21.3. The minimum Gasteiger partial charge on any atom is -0.382 e. The van der Waals surface area contributed by atoms with Crippen molar-refractivity contribution in [3.8, 4) is 11.3 Å². The molecule has 2 aliphatic rings. The molecular formula is C27H31N7O3. The highest BCUT2D eigenvalue weighted by molar-refractivity contribution is 6.05. The van der Waals surface area contributed by atoms with Crippen molar-refractivity contribution >= 4 is 24.1 Å². The van der Waals surface area contributed by atoms with Gasteiger partial charge in [-0.15, -0.1) is 0 Å². The number of imidazole rings is 1. The number of aryl methyl sites for hydroxylation is 1. The lowest BCUT2D eigenvalue weighted by atomic mass is 9.99. The fourth-order valence-corrected chi connectivity index (χ4v) is 4.75. The second-order valence-corrected chi connectivity index (χ2v) is 9.12. The third-order valence-electron chi connectivity index (χ3n) is 6.67. The van der Waals surface area contributed by atoms with Crippen LogP contribution in [0.1, 0.15) is 28.5 Å². The molecule has 1 fully saturated rings. The molecule has 0 bridgehead atoms. The van der Waals surface area contributed by atoms with E-state index in [9.17, 15) is 4.79 Å². The third kappa shape index (κ3) is 4.98. The highest BCUT2D eigenvalue weighted by Gasteiger charge is 2.27. The molecule has 2 N–H and O–H groups in total. The summed E-state index contributed by atoms with van der Waals surface area (Å²) in [5.41, 5.74) is 5.98. The molecule has 1 saturated heterocycles. The molecule has 2 aromatic heterocycles. The van der Waals surface area contributed by atoms with E-state index in [2.05, 4.69) is 44.1 Å². The largest absolute Gasteiger partial charge is 0.382 e. The molecule has 2 aliphatic heterocycles. The average Bonchev–Trinajstić information content (AvgIpc) is 3.50. The van der Waals surface area contributed by atoms with Crippen LogP contribution >= 0.6 is 0 Å². The summed E-state index contributed by atoms with van der Waals surface area (Å²) in [6.07, 6.45) is 7.66. The van der Waals surface area contributed by atoms with Crippen LogP contribution in [0.4, 0.5) is 5.69 Å². The molecule has 5 rings (SSSR count). The van der Waals surface area contributed by atoms with Crippen molar-refractivity contribution in [2.24, 2.45) is 4.99 Å². The number of carbonyl (C=O) groups is 1. The maximum Gasteiger partial charge on any atom is 0.254 e. The molecule has 0 unspecified atom stereocenters. The molecule has 0 spiro atoms. The van der Waals surface area contributed by atoms with Crippen molar-refractivity contribution in [2.45, 2.75) is 26.5 Å². The molecular weight excluding hydrogens is 470 g/mol. The summed E-state index contributed by atoms with van der Waals surface area (Å²) in [6, 6.07) is 5.83. The van der Waals surface area contributed by atoms with Crippen LogP contribution in [-0.2, 0) is 16.0 Å². The monoisotopic (exact) mass is 501 g/mol. The molecule has 10 heteroatoms. The third-order valence-corrected chi connectivity index (χ3v) is 6.67. The van der Waals surface area contributed by atoms with Crippen LogP contribution < -0.4 is 10.6 Å². The number of anilines is 1. The van der Waals surface area contributed by atoms with Gasteiger partial charge >= 0.3 is 0 Å². The van der Waals surface area contributed by atoms with E-state index < -0.39 is 0 Å². The van der Waals surface area contributed by atoms with Gasteiger partial charge in [0.1, 0.15) is 5.82 Å². The molecule has 10 nitrogen and oxygen atoms in total. The first-order chi connectivity index (χ1) is 18.0. The molecule has 1 amide bonds. The second kappa shape index (κ2) is 10.5. The number of carbonyl (C=O) groups excluding carboxylic acids is 1. The summed E-state index contributed by atoms with van der Waals surface area (Å²) in [6.45, 7) is 10.9. The Labute approximate surface area is 215 Å². The number of morpholine rings is 1. The Morgan fingerprint density at radius 3 is 3.05 bits per heavy atom. The predicted octanol–water partition coefficient (Wildman–Crippen LogP) is 3.15. The van der Waals surface area contributed by atoms with Gasteiger partial charge in [-0.25, -0.2) is 15.0 Å². The van der Waals surface area contributed by atoms with Gasteiger partial charge in [0.05, 0.1) is 42.5 Å². The van der Waals surface area contributed by atoms with Crippen LogP contribution in [0, 0.1) is 6.92 Å². The second-order valence-electron chi connectivity index (χ2n) is 9.12. The zero-order valence-electron chi connectivity index (χ0n) is 21.3. The van der Waals surface area contributed by atoms with Gasteiger partial charge < -0.3 is 25.0 Å². The van der Waals surface area contributed by atoms with Gasteiger partial charge in [-0.1, -0.05) is 6.07 Å². The summed E-state index contributed by atoms with van der Waals surface area (Å²) in [4.78, 5) is 28.2. The first-order valence-corrected chi connectivity index (χ1v) is 12.2. The summed E-state index contributed by atoms with van der Waals surface area (Å²) >= 11 is 0. The average molecular weight is 502 g/mol. The van der Waals surface area contributed by atoms with E-state index in [1.165, 1.54) is 0 Å². The van der Waals surface area contributed by atoms with Crippen molar-refractivity contribution in [2.75, 3.05) is 38.7 Å². The van der Waals surface area contributed by atoms with Gasteiger partial charge in [0.2, 0.25) is 5.78 Å². The van der Waals surface area contributed by atoms with Crippen LogP contribution in [0.15, 0.2) is 59.3 Å². The first-order valence-electron chi connectivity index (χ1n) is 12.2. The first kappa shape index (κ1) is 24.7. The molecule has 3 aromatic rings. The van der Waals surface area contributed by atoms with Gasteiger partial charge in [0.15, 0.2) is 0 Å². The van der Waals surface area contributed by atoms with Gasteiger partial charge in [0, 0.05) is 49.9 Å². The molecule has 0 saturated carbocycles. The van der Waals surface area contributed by atoms with E-state index in [1.54, 1.807) is 13.3 Å². The lowest BCUT2D eigenvalue weighted by Crippen LogP contribution is -2.43. The van der Waals surface area contributed by atoms with E-state index in [4.69, 9.17) is 9.47 Å². The Morgan fingerprint density at radius 2 is 2.24 bits per heavy atom. The lowest BCUT2D eigenvalue weighted by Gasteiger charge is -2.34. The number of hydrogen-bond donors (Lipinski definition) is 2. The van der Waals surface area contributed by atoms with Crippen LogP contribution in [0.3, 0.4) is 0 Å². The van der Waals surface area contributed by atoms with Gasteiger partial charge in [-0.3, -0.25) is 9.20 Å². The number of hydrogen-bond acceptors (Lipinski definition) is 8. The van der Waals surface area contributed by atoms with Crippen molar-refractivity contribution in [3.05, 3.63) is 71.1 Å². The minimum atomic E-state index is -0.130. The molecule has 0 aliphatic carbocycles. The highest BCUT2D eigenvalue weighted by atomic mass is 16.5. The molecule has 1 aromatic carbocycles. The Hall–Kier alpha value is -4.02. The van der Waals surface area contributed by atoms with E-state index in [0.717, 1.165) is 41.3 Å². The number of benzene rings is 1. The molecule has 37 heavy (non-hydrogen) atoms. The molecule has 0 radical (unpaired) electrons. The van der Waals surface area contributed by atoms with Crippen molar-refractivity contribution in [1.29, 1.82) is 0 Å². The SMILES string of the molecule is C=N/C(=C\C=C(/C)N1CCO[C@H](COC)C1)Nc1ccc(-c2cnc3nc(C)ccn23)c2c1C(=O)NC2. The molecule has 4 heterocycles. The van der Waals surface area contributed by atoms with Crippen molar-refractivity contribution < 1.29 is 14.3 Å². The van der Waals surface area contributed by atoms with E-state index in [-0.39, 0.29) is 12.0 Å². The summed E-state index contributed by atoms with van der Waals surface area (Å²) in [5, 5.41) is 6.25. The van der Waals surface area contributed by atoms with Crippen LogP contribution in [-0.4, -0.2) is 71.4 Å². The number of methoxy groups -OCH3 is 1. The Bertz CT molecular complexity index is 1410. The number of aromatic nitrogens is 3. The Kier molecular flexibility index (Phi) is 7.02. The topological polar surface area (TPSA) is 105 Å².